The maximum atomic E-state index is 13.1. The summed E-state index contributed by atoms with van der Waals surface area (Å²) < 4.78 is 47.0. The fraction of sp³-hybridized carbons (Fsp3) is 0.286. The SMILES string of the molecule is CCn1c(SCC(=O)Nc2ccccc2C(F)(F)F)nnc1C(C)Oc1cc(Cl)ccc1Cl. The predicted molar refractivity (Wildman–Crippen MR) is 122 cm³/mol. The highest BCUT2D eigenvalue weighted by Gasteiger charge is 2.33. The zero-order valence-corrected chi connectivity index (χ0v) is 19.8. The van der Waals surface area contributed by atoms with Crippen molar-refractivity contribution >= 4 is 46.6 Å². The van der Waals surface area contributed by atoms with Crippen LogP contribution in [0.25, 0.3) is 0 Å². The third kappa shape index (κ3) is 6.33. The van der Waals surface area contributed by atoms with E-state index in [2.05, 4.69) is 15.5 Å². The summed E-state index contributed by atoms with van der Waals surface area (Å²) in [6.07, 6.45) is -5.11. The minimum atomic E-state index is -4.57. The Bertz CT molecular complexity index is 1140. The minimum Gasteiger partial charge on any atom is -0.481 e. The lowest BCUT2D eigenvalue weighted by Gasteiger charge is -2.16. The van der Waals surface area contributed by atoms with Crippen LogP contribution in [0.1, 0.15) is 31.3 Å². The summed E-state index contributed by atoms with van der Waals surface area (Å²) in [6.45, 7) is 4.12. The lowest BCUT2D eigenvalue weighted by Crippen LogP contribution is -2.18. The van der Waals surface area contributed by atoms with Crippen LogP contribution in [0.5, 0.6) is 5.75 Å². The highest BCUT2D eigenvalue weighted by molar-refractivity contribution is 7.99. The molecule has 12 heteroatoms. The van der Waals surface area contributed by atoms with Gasteiger partial charge >= 0.3 is 6.18 Å². The Kier molecular flexibility index (Phi) is 8.14. The number of rotatable bonds is 8. The number of benzene rings is 2. The molecule has 0 radical (unpaired) electrons. The first-order valence-electron chi connectivity index (χ1n) is 9.73. The van der Waals surface area contributed by atoms with Crippen LogP contribution in [0.15, 0.2) is 47.6 Å². The van der Waals surface area contributed by atoms with Gasteiger partial charge in [0, 0.05) is 17.6 Å². The molecule has 1 amide bonds. The number of nitrogens with zero attached hydrogens (tertiary/aromatic N) is 3. The largest absolute Gasteiger partial charge is 0.481 e. The molecule has 0 fully saturated rings. The number of para-hydroxylation sites is 1. The fourth-order valence-corrected chi connectivity index (χ4v) is 4.10. The second kappa shape index (κ2) is 10.7. The molecule has 0 aliphatic rings. The molecule has 1 unspecified atom stereocenters. The molecule has 0 saturated heterocycles. The predicted octanol–water partition coefficient (Wildman–Crippen LogP) is 6.49. The number of anilines is 1. The number of alkyl halides is 3. The standard InChI is InChI=1S/C21H19Cl2F3N4O2S/c1-3-30-19(12(2)32-17-10-13(22)8-9-15(17)23)28-29-20(30)33-11-18(31)27-16-7-5-4-6-14(16)21(24,25)26/h4-10,12H,3,11H2,1-2H3,(H,27,31). The molecule has 3 rings (SSSR count). The zero-order chi connectivity index (χ0) is 24.2. The van der Waals surface area contributed by atoms with Crippen molar-refractivity contribution in [1.29, 1.82) is 0 Å². The number of carbonyl (C=O) groups is 1. The van der Waals surface area contributed by atoms with E-state index in [9.17, 15) is 18.0 Å². The molecule has 1 atom stereocenters. The fourth-order valence-electron chi connectivity index (χ4n) is 2.97. The zero-order valence-electron chi connectivity index (χ0n) is 17.5. The van der Waals surface area contributed by atoms with Crippen molar-refractivity contribution < 1.29 is 22.7 Å². The van der Waals surface area contributed by atoms with Crippen LogP contribution in [-0.4, -0.2) is 26.4 Å². The number of nitrogens with one attached hydrogen (secondary N) is 1. The smallest absolute Gasteiger partial charge is 0.418 e. The van der Waals surface area contributed by atoms with Gasteiger partial charge in [0.25, 0.3) is 0 Å². The first-order valence-corrected chi connectivity index (χ1v) is 11.5. The molecule has 0 aliphatic heterocycles. The van der Waals surface area contributed by atoms with Gasteiger partial charge in [-0.05, 0) is 38.1 Å². The second-order valence-corrected chi connectivity index (χ2v) is 8.59. The summed E-state index contributed by atoms with van der Waals surface area (Å²) in [5.41, 5.74) is -1.21. The Morgan fingerprint density at radius 1 is 1.21 bits per heavy atom. The lowest BCUT2D eigenvalue weighted by molar-refractivity contribution is -0.137. The van der Waals surface area contributed by atoms with Gasteiger partial charge in [-0.1, -0.05) is 47.1 Å². The van der Waals surface area contributed by atoms with Crippen LogP contribution in [0.3, 0.4) is 0 Å². The maximum absolute atomic E-state index is 13.1. The molecule has 0 spiro atoms. The van der Waals surface area contributed by atoms with Gasteiger partial charge in [0.2, 0.25) is 5.91 Å². The van der Waals surface area contributed by atoms with E-state index in [1.807, 2.05) is 6.92 Å². The lowest BCUT2D eigenvalue weighted by atomic mass is 10.1. The van der Waals surface area contributed by atoms with E-state index in [-0.39, 0.29) is 11.4 Å². The normalized spacial score (nSPS) is 12.5. The second-order valence-electron chi connectivity index (χ2n) is 6.80. The molecular formula is C21H19Cl2F3N4O2S. The van der Waals surface area contributed by atoms with Crippen LogP contribution in [0, 0.1) is 0 Å². The Labute approximate surface area is 202 Å². The number of ether oxygens (including phenoxy) is 1. The van der Waals surface area contributed by atoms with Gasteiger partial charge in [-0.15, -0.1) is 10.2 Å². The van der Waals surface area contributed by atoms with E-state index in [1.165, 1.54) is 18.2 Å². The maximum Gasteiger partial charge on any atom is 0.418 e. The number of aromatic nitrogens is 3. The average molecular weight is 519 g/mol. The van der Waals surface area contributed by atoms with Gasteiger partial charge in [0.1, 0.15) is 5.75 Å². The molecule has 0 aliphatic carbocycles. The van der Waals surface area contributed by atoms with Crippen molar-refractivity contribution in [2.45, 2.75) is 37.8 Å². The van der Waals surface area contributed by atoms with Crippen molar-refractivity contribution in [1.82, 2.24) is 14.8 Å². The van der Waals surface area contributed by atoms with E-state index >= 15 is 0 Å². The van der Waals surface area contributed by atoms with Crippen LogP contribution in [0.2, 0.25) is 10.0 Å². The third-order valence-electron chi connectivity index (χ3n) is 4.46. The molecule has 3 aromatic rings. The number of amides is 1. The first-order chi connectivity index (χ1) is 15.6. The molecule has 176 valence electrons. The Morgan fingerprint density at radius 3 is 2.64 bits per heavy atom. The number of hydrogen-bond acceptors (Lipinski definition) is 5. The summed E-state index contributed by atoms with van der Waals surface area (Å²) in [5, 5.41) is 11.8. The van der Waals surface area contributed by atoms with Gasteiger partial charge in [0.05, 0.1) is 22.0 Å². The highest BCUT2D eigenvalue weighted by Crippen LogP contribution is 2.35. The van der Waals surface area contributed by atoms with Gasteiger partial charge in [-0.3, -0.25) is 4.79 Å². The van der Waals surface area contributed by atoms with Crippen LogP contribution in [-0.2, 0) is 17.5 Å². The van der Waals surface area contributed by atoms with Gasteiger partial charge in [0.15, 0.2) is 17.1 Å². The van der Waals surface area contributed by atoms with E-state index in [1.54, 1.807) is 29.7 Å². The molecular weight excluding hydrogens is 500 g/mol. The van der Waals surface area contributed by atoms with Crippen molar-refractivity contribution in [2.75, 3.05) is 11.1 Å². The first kappa shape index (κ1) is 25.2. The molecule has 2 aromatic carbocycles. The molecule has 1 aromatic heterocycles. The van der Waals surface area contributed by atoms with Gasteiger partial charge in [-0.2, -0.15) is 13.2 Å². The van der Waals surface area contributed by atoms with Gasteiger partial charge in [-0.25, -0.2) is 0 Å². The number of carbonyl (C=O) groups excluding carboxylic acids is 1. The third-order valence-corrected chi connectivity index (χ3v) is 5.98. The highest BCUT2D eigenvalue weighted by atomic mass is 35.5. The van der Waals surface area contributed by atoms with Crippen molar-refractivity contribution in [3.05, 3.63) is 63.9 Å². The van der Waals surface area contributed by atoms with Crippen molar-refractivity contribution in [3.8, 4) is 5.75 Å². The van der Waals surface area contributed by atoms with Crippen molar-refractivity contribution in [3.63, 3.8) is 0 Å². The van der Waals surface area contributed by atoms with E-state index in [4.69, 9.17) is 27.9 Å². The van der Waals surface area contributed by atoms with E-state index in [0.29, 0.717) is 33.3 Å². The summed E-state index contributed by atoms with van der Waals surface area (Å²) in [4.78, 5) is 12.3. The topological polar surface area (TPSA) is 69.0 Å². The molecule has 1 N–H and O–H groups in total. The summed E-state index contributed by atoms with van der Waals surface area (Å²) in [7, 11) is 0. The molecule has 0 bridgehead atoms. The molecule has 0 saturated carbocycles. The number of hydrogen-bond donors (Lipinski definition) is 1. The summed E-state index contributed by atoms with van der Waals surface area (Å²) in [5.74, 6) is 0.136. The minimum absolute atomic E-state index is 0.153. The monoisotopic (exact) mass is 518 g/mol. The Morgan fingerprint density at radius 2 is 1.94 bits per heavy atom. The van der Waals surface area contributed by atoms with Crippen LogP contribution in [0.4, 0.5) is 18.9 Å². The van der Waals surface area contributed by atoms with E-state index in [0.717, 1.165) is 17.8 Å². The molecule has 1 heterocycles. The van der Waals surface area contributed by atoms with E-state index < -0.39 is 23.8 Å². The summed E-state index contributed by atoms with van der Waals surface area (Å²) in [6, 6.07) is 9.65. The summed E-state index contributed by atoms with van der Waals surface area (Å²) >= 11 is 13.2. The Balaban J connectivity index is 1.68. The number of thioether (sulfide) groups is 1. The molecule has 33 heavy (non-hydrogen) atoms. The van der Waals surface area contributed by atoms with Crippen LogP contribution >= 0.6 is 35.0 Å². The van der Waals surface area contributed by atoms with Gasteiger partial charge < -0.3 is 14.6 Å². The number of halogens is 5. The quantitative estimate of drug-likeness (QED) is 0.345. The van der Waals surface area contributed by atoms with Crippen molar-refractivity contribution in [2.24, 2.45) is 0 Å². The molecule has 6 nitrogen and oxygen atoms in total. The van der Waals surface area contributed by atoms with Crippen LogP contribution < -0.4 is 10.1 Å². The average Bonchev–Trinajstić information content (AvgIpc) is 3.17. The Hall–Kier alpha value is -2.43.